The van der Waals surface area contributed by atoms with Gasteiger partial charge in [-0.1, -0.05) is 78.9 Å². The number of anilines is 1. The lowest BCUT2D eigenvalue weighted by Gasteiger charge is -2.43. The third-order valence-electron chi connectivity index (χ3n) is 12.4. The van der Waals surface area contributed by atoms with Crippen LogP contribution in [0.1, 0.15) is 86.7 Å². The van der Waals surface area contributed by atoms with E-state index >= 15 is 0 Å². The highest BCUT2D eigenvalue weighted by atomic mass is 32.2. The molecule has 0 N–H and O–H groups in total. The molecule has 0 saturated carbocycles. The average Bonchev–Trinajstić information content (AvgIpc) is 3.87. The molecule has 5 unspecified atom stereocenters. The van der Waals surface area contributed by atoms with Crippen molar-refractivity contribution in [3.8, 4) is 0 Å². The number of para-hydroxylation sites is 1. The number of benzene rings is 4. The second-order valence-electron chi connectivity index (χ2n) is 15.5. The molecule has 3 aliphatic carbocycles. The molecule has 10 rings (SSSR count). The highest BCUT2D eigenvalue weighted by Gasteiger charge is 2.42. The number of thioether (sulfide) groups is 1. The molecule has 0 fully saturated rings. The van der Waals surface area contributed by atoms with Crippen molar-refractivity contribution in [1.82, 2.24) is 4.57 Å². The number of allylic oxidation sites excluding steroid dienone is 5. The first kappa shape index (κ1) is 32.9. The van der Waals surface area contributed by atoms with Crippen LogP contribution < -0.4 is 4.90 Å². The van der Waals surface area contributed by atoms with E-state index in [1.807, 2.05) is 0 Å². The lowest BCUT2D eigenvalue weighted by Crippen LogP contribution is -2.48. The van der Waals surface area contributed by atoms with E-state index in [9.17, 15) is 4.39 Å². The Morgan fingerprint density at radius 1 is 0.962 bits per heavy atom. The van der Waals surface area contributed by atoms with Gasteiger partial charge in [-0.2, -0.15) is 0 Å². The normalized spacial score (nSPS) is 22.9. The lowest BCUT2D eigenvalue weighted by atomic mass is 9.84. The third kappa shape index (κ3) is 5.53. The summed E-state index contributed by atoms with van der Waals surface area (Å²) in [6, 6.07) is 31.9. The number of fused-ring (bicyclic) bond motifs is 9. The van der Waals surface area contributed by atoms with E-state index in [4.69, 9.17) is 4.42 Å². The van der Waals surface area contributed by atoms with Crippen LogP contribution in [0.5, 0.6) is 0 Å². The maximum atomic E-state index is 14.0. The molecular weight excluding hydrogens is 672 g/mol. The summed E-state index contributed by atoms with van der Waals surface area (Å²) in [5.41, 5.74) is 11.3. The van der Waals surface area contributed by atoms with Crippen LogP contribution >= 0.6 is 11.8 Å². The highest BCUT2D eigenvalue weighted by Crippen LogP contribution is 2.53. The Hall–Kier alpha value is -4.74. The molecule has 0 bridgehead atoms. The molecule has 3 heterocycles. The van der Waals surface area contributed by atoms with E-state index in [-0.39, 0.29) is 17.9 Å². The van der Waals surface area contributed by atoms with Crippen LogP contribution in [0.3, 0.4) is 0 Å². The second kappa shape index (κ2) is 13.3. The average molecular weight is 717 g/mol. The number of aryl methyl sites for hydroxylation is 1. The summed E-state index contributed by atoms with van der Waals surface area (Å²) >= 11 is 2.07. The SMILES string of the molecule is C/C(=C\CC(C)N(c1cccc2oc3ccccc3c12)C1C=CCC2c3ccccc3SC21)c1ccc2c(c1)c1c(n2C2CC=C(F)CC2)C=CCC1. The van der Waals surface area contributed by atoms with Gasteiger partial charge in [0.15, 0.2) is 0 Å². The molecule has 53 heavy (non-hydrogen) atoms. The first-order valence-corrected chi connectivity index (χ1v) is 20.4. The fraction of sp³-hybridized carbons (Fsp3) is 0.292. The second-order valence-corrected chi connectivity index (χ2v) is 16.7. The van der Waals surface area contributed by atoms with Gasteiger partial charge in [0, 0.05) is 62.2 Å². The fourth-order valence-corrected chi connectivity index (χ4v) is 11.4. The number of rotatable bonds is 7. The molecule has 2 aromatic heterocycles. The van der Waals surface area contributed by atoms with Crippen LogP contribution in [-0.2, 0) is 6.42 Å². The molecule has 5 atom stereocenters. The predicted octanol–water partition coefficient (Wildman–Crippen LogP) is 13.4. The first-order chi connectivity index (χ1) is 26.0. The number of halogens is 1. The Morgan fingerprint density at radius 3 is 2.74 bits per heavy atom. The smallest absolute Gasteiger partial charge is 0.137 e. The van der Waals surface area contributed by atoms with E-state index in [2.05, 4.69) is 150 Å². The van der Waals surface area contributed by atoms with Gasteiger partial charge in [-0.25, -0.2) is 4.39 Å². The molecule has 4 aromatic carbocycles. The molecule has 5 heteroatoms. The molecule has 4 aliphatic rings. The zero-order chi connectivity index (χ0) is 35.6. The number of nitrogens with zero attached hydrogens (tertiary/aromatic N) is 2. The van der Waals surface area contributed by atoms with Crippen LogP contribution in [0.2, 0.25) is 0 Å². The number of aromatic nitrogens is 1. The van der Waals surface area contributed by atoms with Gasteiger partial charge >= 0.3 is 0 Å². The molecule has 266 valence electrons. The minimum absolute atomic E-state index is 0.0409. The van der Waals surface area contributed by atoms with E-state index < -0.39 is 0 Å². The predicted molar refractivity (Wildman–Crippen MR) is 222 cm³/mol. The Balaban J connectivity index is 1.02. The highest BCUT2D eigenvalue weighted by molar-refractivity contribution is 8.00. The standard InChI is InChI=1S/C48H45FN2OS/c1-30(32-23-28-41-39(29-32)35-11-3-6-15-40(35)51(41)34-26-24-33(49)25-27-34)21-22-31(2)50(42-16-10-19-45-47(42)38-13-4-7-18-44(38)52-45)43-17-9-14-37-36-12-5-8-20-46(36)53-48(37)43/h4-10,12-13,15-21,23-24,28-29,31,34,37,43,48H,3,11,14,22,25-27H2,1-2H3/b30-21+. The van der Waals surface area contributed by atoms with Crippen molar-refractivity contribution in [2.75, 3.05) is 4.90 Å². The van der Waals surface area contributed by atoms with Crippen LogP contribution in [-0.4, -0.2) is 21.9 Å². The van der Waals surface area contributed by atoms with Crippen molar-refractivity contribution in [3.63, 3.8) is 0 Å². The Labute approximate surface area is 315 Å². The van der Waals surface area contributed by atoms with Crippen molar-refractivity contribution < 1.29 is 8.81 Å². The van der Waals surface area contributed by atoms with E-state index in [1.54, 1.807) is 6.08 Å². The Morgan fingerprint density at radius 2 is 1.83 bits per heavy atom. The third-order valence-corrected chi connectivity index (χ3v) is 13.9. The Kier molecular flexibility index (Phi) is 8.24. The maximum Gasteiger partial charge on any atom is 0.137 e. The maximum absolute atomic E-state index is 14.0. The van der Waals surface area contributed by atoms with Crippen LogP contribution in [0, 0.1) is 0 Å². The summed E-state index contributed by atoms with van der Waals surface area (Å²) in [5, 5.41) is 4.17. The Bertz CT molecular complexity index is 2510. The fourth-order valence-electron chi connectivity index (χ4n) is 9.76. The van der Waals surface area contributed by atoms with E-state index in [0.29, 0.717) is 23.6 Å². The van der Waals surface area contributed by atoms with Gasteiger partial charge in [-0.05, 0) is 117 Å². The summed E-state index contributed by atoms with van der Waals surface area (Å²) in [6.45, 7) is 4.68. The van der Waals surface area contributed by atoms with Gasteiger partial charge in [0.2, 0.25) is 0 Å². The van der Waals surface area contributed by atoms with Crippen molar-refractivity contribution in [1.29, 1.82) is 0 Å². The molecule has 6 aromatic rings. The molecular formula is C48H45FN2OS. The minimum atomic E-state index is 0.0409. The molecule has 1 aliphatic heterocycles. The van der Waals surface area contributed by atoms with Gasteiger partial charge in [0.1, 0.15) is 11.2 Å². The van der Waals surface area contributed by atoms with Crippen molar-refractivity contribution >= 4 is 61.9 Å². The number of furan rings is 1. The first-order valence-electron chi connectivity index (χ1n) is 19.5. The van der Waals surface area contributed by atoms with Gasteiger partial charge < -0.3 is 13.9 Å². The van der Waals surface area contributed by atoms with Crippen LogP contribution in [0.4, 0.5) is 10.1 Å². The summed E-state index contributed by atoms with van der Waals surface area (Å²) in [4.78, 5) is 4.15. The van der Waals surface area contributed by atoms with E-state index in [0.717, 1.165) is 49.7 Å². The van der Waals surface area contributed by atoms with Crippen LogP contribution in [0.15, 0.2) is 130 Å². The molecule has 0 saturated heterocycles. The molecule has 0 amide bonds. The number of hydrogen-bond donors (Lipinski definition) is 0. The summed E-state index contributed by atoms with van der Waals surface area (Å²) in [7, 11) is 0. The molecule has 3 nitrogen and oxygen atoms in total. The lowest BCUT2D eigenvalue weighted by molar-refractivity contribution is 0.420. The van der Waals surface area contributed by atoms with Crippen LogP contribution in [0.25, 0.3) is 44.5 Å². The summed E-state index contributed by atoms with van der Waals surface area (Å²) in [5.74, 6) is 0.543. The van der Waals surface area contributed by atoms with Crippen molar-refractivity contribution in [2.24, 2.45) is 0 Å². The topological polar surface area (TPSA) is 21.3 Å². The van der Waals surface area contributed by atoms with E-state index in [1.165, 1.54) is 60.2 Å². The van der Waals surface area contributed by atoms with Gasteiger partial charge in [-0.3, -0.25) is 0 Å². The molecule has 0 spiro atoms. The van der Waals surface area contributed by atoms with Gasteiger partial charge in [0.25, 0.3) is 0 Å². The summed E-state index contributed by atoms with van der Waals surface area (Å²) in [6.07, 6.45) is 20.1. The molecule has 0 radical (unpaired) electrons. The van der Waals surface area contributed by atoms with Gasteiger partial charge in [-0.15, -0.1) is 11.8 Å². The quantitative estimate of drug-likeness (QED) is 0.154. The summed E-state index contributed by atoms with van der Waals surface area (Å²) < 4.78 is 23.0. The van der Waals surface area contributed by atoms with Crippen molar-refractivity contribution in [3.05, 3.63) is 144 Å². The zero-order valence-corrected chi connectivity index (χ0v) is 31.3. The van der Waals surface area contributed by atoms with Crippen molar-refractivity contribution in [2.45, 2.75) is 93.0 Å². The minimum Gasteiger partial charge on any atom is -0.456 e. The number of hydrogen-bond acceptors (Lipinski definition) is 3. The van der Waals surface area contributed by atoms with Gasteiger partial charge in [0.05, 0.1) is 17.3 Å². The largest absolute Gasteiger partial charge is 0.456 e. The zero-order valence-electron chi connectivity index (χ0n) is 30.5. The monoisotopic (exact) mass is 716 g/mol.